The molecule has 0 aliphatic heterocycles. The summed E-state index contributed by atoms with van der Waals surface area (Å²) in [6, 6.07) is 20.1. The quantitative estimate of drug-likeness (QED) is 0.724. The molecule has 0 fully saturated rings. The van der Waals surface area contributed by atoms with Gasteiger partial charge in [0.1, 0.15) is 5.03 Å². The molecule has 1 heterocycles. The molecule has 6 heteroatoms. The molecule has 0 saturated carbocycles. The standard InChI is InChI=1S/C21H19N3O2S/c1-24(2)21(26)15-8-6-9-16(14-15)23-19(25)18-12-7-13-22-20(18)27-17-10-4-3-5-11-17/h3-14H,1-2H3,(H,23,25). The number of rotatable bonds is 5. The van der Waals surface area contributed by atoms with Crippen molar-refractivity contribution in [2.75, 3.05) is 19.4 Å². The fourth-order valence-corrected chi connectivity index (χ4v) is 3.33. The summed E-state index contributed by atoms with van der Waals surface area (Å²) in [6.45, 7) is 0. The van der Waals surface area contributed by atoms with Crippen LogP contribution in [0, 0.1) is 0 Å². The van der Waals surface area contributed by atoms with E-state index in [-0.39, 0.29) is 11.8 Å². The molecule has 27 heavy (non-hydrogen) atoms. The molecule has 2 aromatic carbocycles. The minimum absolute atomic E-state index is 0.118. The number of nitrogens with one attached hydrogen (secondary N) is 1. The van der Waals surface area contributed by atoms with E-state index in [0.717, 1.165) is 4.90 Å². The van der Waals surface area contributed by atoms with Crippen molar-refractivity contribution < 1.29 is 9.59 Å². The number of benzene rings is 2. The van der Waals surface area contributed by atoms with Crippen molar-refractivity contribution in [1.82, 2.24) is 9.88 Å². The van der Waals surface area contributed by atoms with Gasteiger partial charge in [-0.15, -0.1) is 0 Å². The number of hydrogen-bond donors (Lipinski definition) is 1. The average Bonchev–Trinajstić information content (AvgIpc) is 2.68. The Morgan fingerprint density at radius 3 is 2.48 bits per heavy atom. The Balaban J connectivity index is 1.81. The third-order valence-electron chi connectivity index (χ3n) is 3.75. The van der Waals surface area contributed by atoms with Crippen molar-refractivity contribution in [3.63, 3.8) is 0 Å². The molecule has 0 bridgehead atoms. The number of nitrogens with zero attached hydrogens (tertiary/aromatic N) is 2. The molecule has 0 radical (unpaired) electrons. The number of carbonyl (C=O) groups is 2. The second-order valence-corrected chi connectivity index (χ2v) is 7.07. The van der Waals surface area contributed by atoms with Crippen LogP contribution in [0.3, 0.4) is 0 Å². The maximum atomic E-state index is 12.8. The Kier molecular flexibility index (Phi) is 5.88. The van der Waals surface area contributed by atoms with E-state index in [9.17, 15) is 9.59 Å². The van der Waals surface area contributed by atoms with Gasteiger partial charge in [-0.25, -0.2) is 4.98 Å². The fourth-order valence-electron chi connectivity index (χ4n) is 2.43. The van der Waals surface area contributed by atoms with Gasteiger partial charge in [-0.05, 0) is 42.5 Å². The van der Waals surface area contributed by atoms with Crippen LogP contribution in [0.5, 0.6) is 0 Å². The van der Waals surface area contributed by atoms with Crippen molar-refractivity contribution in [3.8, 4) is 0 Å². The molecule has 0 unspecified atom stereocenters. The van der Waals surface area contributed by atoms with E-state index in [2.05, 4.69) is 10.3 Å². The molecular weight excluding hydrogens is 358 g/mol. The van der Waals surface area contributed by atoms with Gasteiger partial charge in [-0.1, -0.05) is 36.0 Å². The summed E-state index contributed by atoms with van der Waals surface area (Å²) in [7, 11) is 3.38. The predicted molar refractivity (Wildman–Crippen MR) is 107 cm³/mol. The van der Waals surface area contributed by atoms with Crippen LogP contribution in [0.2, 0.25) is 0 Å². The van der Waals surface area contributed by atoms with Crippen LogP contribution in [-0.2, 0) is 0 Å². The lowest BCUT2D eigenvalue weighted by Gasteiger charge is -2.12. The Hall–Kier alpha value is -3.12. The molecule has 0 spiro atoms. The van der Waals surface area contributed by atoms with Crippen LogP contribution in [0.1, 0.15) is 20.7 Å². The highest BCUT2D eigenvalue weighted by Gasteiger charge is 2.15. The monoisotopic (exact) mass is 377 g/mol. The zero-order valence-corrected chi connectivity index (χ0v) is 15.9. The summed E-state index contributed by atoms with van der Waals surface area (Å²) in [5, 5.41) is 3.48. The lowest BCUT2D eigenvalue weighted by atomic mass is 10.1. The molecule has 1 aromatic heterocycles. The van der Waals surface area contributed by atoms with Crippen molar-refractivity contribution in [1.29, 1.82) is 0 Å². The van der Waals surface area contributed by atoms with Crippen LogP contribution >= 0.6 is 11.8 Å². The van der Waals surface area contributed by atoms with E-state index in [0.29, 0.717) is 21.8 Å². The van der Waals surface area contributed by atoms with Crippen LogP contribution in [-0.4, -0.2) is 35.8 Å². The number of hydrogen-bond acceptors (Lipinski definition) is 4. The van der Waals surface area contributed by atoms with Gasteiger partial charge in [-0.3, -0.25) is 9.59 Å². The van der Waals surface area contributed by atoms with Crippen LogP contribution in [0.15, 0.2) is 82.8 Å². The Bertz CT molecular complexity index is 958. The van der Waals surface area contributed by atoms with Crippen LogP contribution < -0.4 is 5.32 Å². The molecular formula is C21H19N3O2S. The van der Waals surface area contributed by atoms with E-state index in [1.165, 1.54) is 16.7 Å². The zero-order valence-electron chi connectivity index (χ0n) is 15.0. The Morgan fingerprint density at radius 2 is 1.74 bits per heavy atom. The van der Waals surface area contributed by atoms with Gasteiger partial charge in [0.05, 0.1) is 5.56 Å². The smallest absolute Gasteiger partial charge is 0.258 e. The minimum atomic E-state index is -0.268. The molecule has 0 atom stereocenters. The molecule has 3 rings (SSSR count). The van der Waals surface area contributed by atoms with E-state index >= 15 is 0 Å². The predicted octanol–water partition coefficient (Wildman–Crippen LogP) is 4.19. The van der Waals surface area contributed by atoms with Gasteiger partial charge >= 0.3 is 0 Å². The van der Waals surface area contributed by atoms with Gasteiger partial charge in [0.15, 0.2) is 0 Å². The summed E-state index contributed by atoms with van der Waals surface area (Å²) in [5.41, 5.74) is 1.56. The molecule has 0 saturated heterocycles. The number of carbonyl (C=O) groups excluding carboxylic acids is 2. The first kappa shape index (κ1) is 18.7. The van der Waals surface area contributed by atoms with Gasteiger partial charge in [0.2, 0.25) is 0 Å². The number of pyridine rings is 1. The molecule has 2 amide bonds. The highest BCUT2D eigenvalue weighted by molar-refractivity contribution is 7.99. The zero-order chi connectivity index (χ0) is 19.2. The first-order valence-corrected chi connectivity index (χ1v) is 9.17. The second kappa shape index (κ2) is 8.51. The number of amides is 2. The largest absolute Gasteiger partial charge is 0.345 e. The summed E-state index contributed by atoms with van der Waals surface area (Å²) in [6.07, 6.45) is 1.67. The van der Waals surface area contributed by atoms with Crippen LogP contribution in [0.4, 0.5) is 5.69 Å². The molecule has 1 N–H and O–H groups in total. The summed E-state index contributed by atoms with van der Waals surface area (Å²) < 4.78 is 0. The van der Waals surface area contributed by atoms with E-state index < -0.39 is 0 Å². The normalized spacial score (nSPS) is 10.3. The van der Waals surface area contributed by atoms with Crippen molar-refractivity contribution in [2.45, 2.75) is 9.92 Å². The highest BCUT2D eigenvalue weighted by Crippen LogP contribution is 2.28. The summed E-state index contributed by atoms with van der Waals surface area (Å²) in [5.74, 6) is -0.385. The molecule has 3 aromatic rings. The SMILES string of the molecule is CN(C)C(=O)c1cccc(NC(=O)c2cccnc2Sc2ccccc2)c1. The maximum absolute atomic E-state index is 12.8. The first-order chi connectivity index (χ1) is 13.0. The van der Waals surface area contributed by atoms with Gasteiger partial charge in [-0.2, -0.15) is 0 Å². The lowest BCUT2D eigenvalue weighted by molar-refractivity contribution is 0.0827. The average molecular weight is 377 g/mol. The maximum Gasteiger partial charge on any atom is 0.258 e. The van der Waals surface area contributed by atoms with Crippen LogP contribution in [0.25, 0.3) is 0 Å². The first-order valence-electron chi connectivity index (χ1n) is 8.35. The van der Waals surface area contributed by atoms with Crippen molar-refractivity contribution >= 4 is 29.3 Å². The van der Waals surface area contributed by atoms with E-state index in [1.807, 2.05) is 30.3 Å². The molecule has 5 nitrogen and oxygen atoms in total. The third-order valence-corrected chi connectivity index (χ3v) is 4.77. The fraction of sp³-hybridized carbons (Fsp3) is 0.0952. The molecule has 136 valence electrons. The molecule has 0 aliphatic carbocycles. The second-order valence-electron chi connectivity index (χ2n) is 6.01. The summed E-state index contributed by atoms with van der Waals surface area (Å²) in [4.78, 5) is 31.7. The van der Waals surface area contributed by atoms with E-state index in [1.54, 1.807) is 56.7 Å². The third kappa shape index (κ3) is 4.74. The minimum Gasteiger partial charge on any atom is -0.345 e. The van der Waals surface area contributed by atoms with Gasteiger partial charge in [0.25, 0.3) is 11.8 Å². The van der Waals surface area contributed by atoms with Crippen molar-refractivity contribution in [3.05, 3.63) is 84.1 Å². The van der Waals surface area contributed by atoms with Crippen molar-refractivity contribution in [2.24, 2.45) is 0 Å². The van der Waals surface area contributed by atoms with Gasteiger partial charge in [0, 0.05) is 36.4 Å². The highest BCUT2D eigenvalue weighted by atomic mass is 32.2. The number of aromatic nitrogens is 1. The molecule has 0 aliphatic rings. The number of anilines is 1. The van der Waals surface area contributed by atoms with E-state index in [4.69, 9.17) is 0 Å². The summed E-state index contributed by atoms with van der Waals surface area (Å²) >= 11 is 1.43. The lowest BCUT2D eigenvalue weighted by Crippen LogP contribution is -2.22. The Morgan fingerprint density at radius 1 is 0.963 bits per heavy atom. The Labute approximate surface area is 162 Å². The topological polar surface area (TPSA) is 62.3 Å². The van der Waals surface area contributed by atoms with Gasteiger partial charge < -0.3 is 10.2 Å².